The largest absolute Gasteiger partial charge is 0.383 e. The van der Waals surface area contributed by atoms with Gasteiger partial charge in [0, 0.05) is 19.2 Å². The Morgan fingerprint density at radius 2 is 2.22 bits per heavy atom. The number of aromatic nitrogens is 2. The van der Waals surface area contributed by atoms with Crippen molar-refractivity contribution in [2.24, 2.45) is 5.92 Å². The van der Waals surface area contributed by atoms with Crippen molar-refractivity contribution in [1.82, 2.24) is 15.3 Å². The normalized spacial score (nSPS) is 26.9. The van der Waals surface area contributed by atoms with Crippen molar-refractivity contribution in [2.45, 2.75) is 18.9 Å². The molecule has 2 aliphatic heterocycles. The highest BCUT2D eigenvalue weighted by atomic mass is 16.2. The zero-order valence-corrected chi connectivity index (χ0v) is 9.97. The van der Waals surface area contributed by atoms with Gasteiger partial charge in [-0.25, -0.2) is 0 Å². The second-order valence-electron chi connectivity index (χ2n) is 4.76. The average molecular weight is 248 g/mol. The molecule has 96 valence electrons. The maximum atomic E-state index is 11.7. The summed E-state index contributed by atoms with van der Waals surface area (Å²) in [7, 11) is 0. The summed E-state index contributed by atoms with van der Waals surface area (Å²) in [6.07, 6.45) is 1.90. The highest BCUT2D eigenvalue weighted by Crippen LogP contribution is 2.31. The summed E-state index contributed by atoms with van der Waals surface area (Å²) in [6, 6.07) is 1.86. The molecule has 2 unspecified atom stereocenters. The van der Waals surface area contributed by atoms with Crippen LogP contribution in [0.3, 0.4) is 0 Å². The Labute approximate surface area is 105 Å². The molecule has 2 atom stereocenters. The Balaban J connectivity index is 1.93. The first-order valence-electron chi connectivity index (χ1n) is 6.09. The maximum Gasteiger partial charge on any atom is 0.225 e. The standard InChI is InChI=1S/C11H16N6O/c12-8-4-9(16-11(13)15-8)17-3-1-2-6-7(17)5-14-10(6)18/h4,6-7H,1-3,5H2,(H,14,18)(H4,12,13,15,16). The number of hydrogen-bond acceptors (Lipinski definition) is 6. The minimum absolute atomic E-state index is 0.0520. The Kier molecular flexibility index (Phi) is 2.46. The monoisotopic (exact) mass is 248 g/mol. The molecule has 5 N–H and O–H groups in total. The number of nitrogens with zero attached hydrogens (tertiary/aromatic N) is 3. The molecule has 7 nitrogen and oxygen atoms in total. The highest BCUT2D eigenvalue weighted by molar-refractivity contribution is 5.83. The minimum atomic E-state index is 0.0520. The smallest absolute Gasteiger partial charge is 0.225 e. The van der Waals surface area contributed by atoms with Gasteiger partial charge >= 0.3 is 0 Å². The summed E-state index contributed by atoms with van der Waals surface area (Å²) < 4.78 is 0. The number of piperidine rings is 1. The van der Waals surface area contributed by atoms with Crippen molar-refractivity contribution in [2.75, 3.05) is 29.5 Å². The summed E-state index contributed by atoms with van der Waals surface area (Å²) in [5.74, 6) is 1.43. The fourth-order valence-electron chi connectivity index (χ4n) is 2.85. The van der Waals surface area contributed by atoms with Crippen molar-refractivity contribution in [3.8, 4) is 0 Å². The molecule has 2 saturated heterocycles. The molecule has 0 saturated carbocycles. The van der Waals surface area contributed by atoms with E-state index < -0.39 is 0 Å². The highest BCUT2D eigenvalue weighted by Gasteiger charge is 2.41. The van der Waals surface area contributed by atoms with Gasteiger partial charge in [-0.1, -0.05) is 0 Å². The average Bonchev–Trinajstić information content (AvgIpc) is 2.70. The predicted octanol–water partition coefficient (Wildman–Crippen LogP) is -0.644. The summed E-state index contributed by atoms with van der Waals surface area (Å²) >= 11 is 0. The van der Waals surface area contributed by atoms with E-state index in [2.05, 4.69) is 20.2 Å². The number of carbonyl (C=O) groups is 1. The second-order valence-corrected chi connectivity index (χ2v) is 4.76. The van der Waals surface area contributed by atoms with Crippen molar-refractivity contribution in [3.63, 3.8) is 0 Å². The Bertz CT molecular complexity index is 470. The van der Waals surface area contributed by atoms with Gasteiger partial charge in [-0.15, -0.1) is 0 Å². The van der Waals surface area contributed by atoms with E-state index >= 15 is 0 Å². The lowest BCUT2D eigenvalue weighted by molar-refractivity contribution is -0.122. The van der Waals surface area contributed by atoms with Gasteiger partial charge < -0.3 is 21.7 Å². The van der Waals surface area contributed by atoms with E-state index in [0.29, 0.717) is 18.2 Å². The van der Waals surface area contributed by atoms with Crippen LogP contribution in [0.1, 0.15) is 12.8 Å². The molecule has 3 rings (SSSR count). The first-order chi connectivity index (χ1) is 8.65. The van der Waals surface area contributed by atoms with E-state index in [0.717, 1.165) is 19.4 Å². The van der Waals surface area contributed by atoms with Crippen LogP contribution in [0.25, 0.3) is 0 Å². The van der Waals surface area contributed by atoms with Crippen LogP contribution < -0.4 is 21.7 Å². The van der Waals surface area contributed by atoms with Gasteiger partial charge in [0.1, 0.15) is 11.6 Å². The van der Waals surface area contributed by atoms with E-state index in [1.807, 2.05) is 0 Å². The van der Waals surface area contributed by atoms with Crippen LogP contribution >= 0.6 is 0 Å². The lowest BCUT2D eigenvalue weighted by Crippen LogP contribution is -2.46. The second kappa shape index (κ2) is 4.01. The zero-order chi connectivity index (χ0) is 12.7. The summed E-state index contributed by atoms with van der Waals surface area (Å²) in [5, 5.41) is 2.90. The third-order valence-electron chi connectivity index (χ3n) is 3.65. The van der Waals surface area contributed by atoms with Crippen LogP contribution in [-0.4, -0.2) is 35.0 Å². The van der Waals surface area contributed by atoms with Crippen molar-refractivity contribution in [3.05, 3.63) is 6.07 Å². The number of nitrogens with one attached hydrogen (secondary N) is 1. The number of fused-ring (bicyclic) bond motifs is 1. The molecule has 0 aliphatic carbocycles. The number of nitrogen functional groups attached to an aromatic ring is 2. The van der Waals surface area contributed by atoms with Crippen molar-refractivity contribution >= 4 is 23.5 Å². The van der Waals surface area contributed by atoms with Gasteiger partial charge in [0.25, 0.3) is 0 Å². The molecule has 2 fully saturated rings. The molecule has 1 amide bonds. The van der Waals surface area contributed by atoms with Crippen LogP contribution in [0.4, 0.5) is 17.6 Å². The lowest BCUT2D eigenvalue weighted by atomic mass is 9.91. The van der Waals surface area contributed by atoms with Crippen LogP contribution in [0, 0.1) is 5.92 Å². The van der Waals surface area contributed by atoms with Gasteiger partial charge in [0.05, 0.1) is 12.0 Å². The van der Waals surface area contributed by atoms with E-state index in [9.17, 15) is 4.79 Å². The summed E-state index contributed by atoms with van der Waals surface area (Å²) in [4.78, 5) is 21.9. The molecule has 0 radical (unpaired) electrons. The van der Waals surface area contributed by atoms with Gasteiger partial charge in [-0.2, -0.15) is 9.97 Å². The number of amides is 1. The first kappa shape index (κ1) is 11.1. The third kappa shape index (κ3) is 1.71. The van der Waals surface area contributed by atoms with E-state index in [1.54, 1.807) is 6.07 Å². The maximum absolute atomic E-state index is 11.7. The predicted molar refractivity (Wildman–Crippen MR) is 67.7 cm³/mol. The molecule has 2 aliphatic rings. The summed E-state index contributed by atoms with van der Waals surface area (Å²) in [6.45, 7) is 1.53. The number of carbonyl (C=O) groups excluding carboxylic acids is 1. The fourth-order valence-corrected chi connectivity index (χ4v) is 2.85. The molecule has 7 heteroatoms. The van der Waals surface area contributed by atoms with E-state index in [-0.39, 0.29) is 23.8 Å². The zero-order valence-electron chi connectivity index (χ0n) is 9.97. The van der Waals surface area contributed by atoms with Crippen molar-refractivity contribution in [1.29, 1.82) is 0 Å². The quantitative estimate of drug-likeness (QED) is 0.609. The van der Waals surface area contributed by atoms with Gasteiger partial charge in [0.2, 0.25) is 11.9 Å². The summed E-state index contributed by atoms with van der Waals surface area (Å²) in [5.41, 5.74) is 11.3. The number of nitrogens with two attached hydrogens (primary N) is 2. The van der Waals surface area contributed by atoms with Crippen LogP contribution in [-0.2, 0) is 4.79 Å². The Hall–Kier alpha value is -2.05. The third-order valence-corrected chi connectivity index (χ3v) is 3.65. The number of hydrogen-bond donors (Lipinski definition) is 3. The Morgan fingerprint density at radius 3 is 3.00 bits per heavy atom. The molecular formula is C11H16N6O. The number of anilines is 3. The van der Waals surface area contributed by atoms with Crippen LogP contribution in [0.5, 0.6) is 0 Å². The molecule has 18 heavy (non-hydrogen) atoms. The van der Waals surface area contributed by atoms with Gasteiger partial charge in [0.15, 0.2) is 0 Å². The van der Waals surface area contributed by atoms with Crippen LogP contribution in [0.15, 0.2) is 6.07 Å². The minimum Gasteiger partial charge on any atom is -0.383 e. The van der Waals surface area contributed by atoms with E-state index in [1.165, 1.54) is 0 Å². The lowest BCUT2D eigenvalue weighted by Gasteiger charge is -2.36. The molecule has 0 aromatic carbocycles. The van der Waals surface area contributed by atoms with Gasteiger partial charge in [-0.3, -0.25) is 4.79 Å². The molecule has 0 bridgehead atoms. The van der Waals surface area contributed by atoms with Crippen molar-refractivity contribution < 1.29 is 4.79 Å². The molecule has 1 aromatic rings. The fraction of sp³-hybridized carbons (Fsp3) is 0.545. The molecule has 1 aromatic heterocycles. The molecular weight excluding hydrogens is 232 g/mol. The topological polar surface area (TPSA) is 110 Å². The molecule has 0 spiro atoms. The first-order valence-corrected chi connectivity index (χ1v) is 6.09. The van der Waals surface area contributed by atoms with E-state index in [4.69, 9.17) is 11.5 Å². The SMILES string of the molecule is Nc1cc(N2CCCC3C(=O)NCC32)nc(N)n1. The Morgan fingerprint density at radius 1 is 1.39 bits per heavy atom. The van der Waals surface area contributed by atoms with Gasteiger partial charge in [-0.05, 0) is 12.8 Å². The number of rotatable bonds is 1. The molecule has 3 heterocycles. The van der Waals surface area contributed by atoms with Crippen LogP contribution in [0.2, 0.25) is 0 Å².